The molecule has 2 aromatic heterocycles. The van der Waals surface area contributed by atoms with Gasteiger partial charge in [-0.15, -0.1) is 11.3 Å². The summed E-state index contributed by atoms with van der Waals surface area (Å²) in [4.78, 5) is 29.4. The fourth-order valence-corrected chi connectivity index (χ4v) is 3.77. The molecular formula is C19H25N3O4S. The Morgan fingerprint density at radius 1 is 1.33 bits per heavy atom. The van der Waals surface area contributed by atoms with Gasteiger partial charge in [-0.2, -0.15) is 4.98 Å². The van der Waals surface area contributed by atoms with Crippen LogP contribution in [0.25, 0.3) is 10.7 Å². The molecule has 0 radical (unpaired) electrons. The summed E-state index contributed by atoms with van der Waals surface area (Å²) in [5.74, 6) is 0.220. The van der Waals surface area contributed by atoms with E-state index in [2.05, 4.69) is 15.5 Å². The highest BCUT2D eigenvalue weighted by atomic mass is 32.1. The number of rotatable bonds is 7. The van der Waals surface area contributed by atoms with E-state index in [1.807, 2.05) is 17.5 Å². The molecule has 27 heavy (non-hydrogen) atoms. The Hall–Kier alpha value is -2.22. The number of nitrogens with one attached hydrogen (secondary N) is 1. The van der Waals surface area contributed by atoms with Gasteiger partial charge < -0.3 is 14.6 Å². The van der Waals surface area contributed by atoms with E-state index in [-0.39, 0.29) is 24.8 Å². The summed E-state index contributed by atoms with van der Waals surface area (Å²) in [7, 11) is 0. The molecule has 1 N–H and O–H groups in total. The van der Waals surface area contributed by atoms with Gasteiger partial charge in [0.15, 0.2) is 6.10 Å². The number of aromatic nitrogens is 2. The normalized spacial score (nSPS) is 16.5. The topological polar surface area (TPSA) is 94.3 Å². The van der Waals surface area contributed by atoms with Gasteiger partial charge in [-0.25, -0.2) is 0 Å². The van der Waals surface area contributed by atoms with Gasteiger partial charge in [-0.1, -0.05) is 36.9 Å². The minimum Gasteiger partial charge on any atom is -0.453 e. The number of hydrogen-bond donors (Lipinski definition) is 1. The molecule has 1 saturated carbocycles. The van der Waals surface area contributed by atoms with Crippen LogP contribution in [-0.2, 0) is 20.7 Å². The molecule has 0 saturated heterocycles. The highest BCUT2D eigenvalue weighted by Crippen LogP contribution is 2.21. The monoisotopic (exact) mass is 391 g/mol. The van der Waals surface area contributed by atoms with E-state index in [1.54, 1.807) is 6.92 Å². The van der Waals surface area contributed by atoms with Gasteiger partial charge in [-0.05, 0) is 31.2 Å². The van der Waals surface area contributed by atoms with Crippen molar-refractivity contribution in [3.05, 3.63) is 23.4 Å². The first kappa shape index (κ1) is 19.5. The van der Waals surface area contributed by atoms with Gasteiger partial charge >= 0.3 is 5.97 Å². The lowest BCUT2D eigenvalue weighted by Gasteiger charge is -2.19. The zero-order valence-electron chi connectivity index (χ0n) is 15.5. The summed E-state index contributed by atoms with van der Waals surface area (Å²) in [6, 6.07) is 4.01. The number of ether oxygens (including phenoxy) is 1. The van der Waals surface area contributed by atoms with Crippen LogP contribution >= 0.6 is 11.3 Å². The number of thiophene rings is 1. The van der Waals surface area contributed by atoms with Crippen molar-refractivity contribution in [2.75, 3.05) is 0 Å². The van der Waals surface area contributed by atoms with Crippen LogP contribution in [0.2, 0.25) is 0 Å². The number of amides is 1. The number of carbonyl (C=O) groups excluding carboxylic acids is 2. The SMILES string of the molecule is C[C@@H](OC(=O)CCc1nc(-c2cccs2)no1)C(=O)NC1CCCCCC1. The Kier molecular flexibility index (Phi) is 6.98. The number of aryl methyl sites for hydroxylation is 1. The van der Waals surface area contributed by atoms with Gasteiger partial charge in [0.25, 0.3) is 5.91 Å². The van der Waals surface area contributed by atoms with E-state index in [4.69, 9.17) is 9.26 Å². The van der Waals surface area contributed by atoms with Gasteiger partial charge in [0.1, 0.15) is 0 Å². The van der Waals surface area contributed by atoms with E-state index in [9.17, 15) is 9.59 Å². The summed E-state index contributed by atoms with van der Waals surface area (Å²) < 4.78 is 10.4. The Balaban J connectivity index is 1.41. The fraction of sp³-hybridized carbons (Fsp3) is 0.579. The predicted octanol–water partition coefficient (Wildman–Crippen LogP) is 3.50. The third-order valence-electron chi connectivity index (χ3n) is 4.63. The molecule has 0 aromatic carbocycles. The molecule has 0 unspecified atom stereocenters. The van der Waals surface area contributed by atoms with Crippen molar-refractivity contribution in [3.63, 3.8) is 0 Å². The van der Waals surface area contributed by atoms with Crippen LogP contribution in [0.3, 0.4) is 0 Å². The molecular weight excluding hydrogens is 366 g/mol. The summed E-state index contributed by atoms with van der Waals surface area (Å²) in [5.41, 5.74) is 0. The van der Waals surface area contributed by atoms with Crippen LogP contribution < -0.4 is 5.32 Å². The van der Waals surface area contributed by atoms with Crippen molar-refractivity contribution in [1.82, 2.24) is 15.5 Å². The largest absolute Gasteiger partial charge is 0.453 e. The summed E-state index contributed by atoms with van der Waals surface area (Å²) in [6.45, 7) is 1.60. The summed E-state index contributed by atoms with van der Waals surface area (Å²) in [5, 5.41) is 8.84. The Labute approximate surface area is 162 Å². The van der Waals surface area contributed by atoms with E-state index in [0.29, 0.717) is 11.7 Å². The van der Waals surface area contributed by atoms with E-state index >= 15 is 0 Å². The first-order valence-corrected chi connectivity index (χ1v) is 10.4. The van der Waals surface area contributed by atoms with Crippen LogP contribution in [0.1, 0.15) is 57.8 Å². The van der Waals surface area contributed by atoms with Gasteiger partial charge in [-0.3, -0.25) is 9.59 Å². The molecule has 2 aromatic rings. The van der Waals surface area contributed by atoms with Crippen molar-refractivity contribution in [2.45, 2.75) is 70.4 Å². The third kappa shape index (κ3) is 5.89. The standard InChI is InChI=1S/C19H25N3O4S/c1-13(19(24)20-14-7-4-2-3-5-8-14)25-17(23)11-10-16-21-18(22-26-16)15-9-6-12-27-15/h6,9,12-14H,2-5,7-8,10-11H2,1H3,(H,20,24)/t13-/m1/s1. The maximum absolute atomic E-state index is 12.2. The lowest BCUT2D eigenvalue weighted by Crippen LogP contribution is -2.41. The van der Waals surface area contributed by atoms with Gasteiger partial charge in [0, 0.05) is 12.5 Å². The molecule has 1 amide bonds. The smallest absolute Gasteiger partial charge is 0.307 e. The van der Waals surface area contributed by atoms with Crippen LogP contribution in [0, 0.1) is 0 Å². The minimum atomic E-state index is -0.801. The highest BCUT2D eigenvalue weighted by Gasteiger charge is 2.22. The molecule has 1 aliphatic rings. The number of carbonyl (C=O) groups is 2. The van der Waals surface area contributed by atoms with E-state index in [1.165, 1.54) is 24.2 Å². The molecule has 1 fully saturated rings. The van der Waals surface area contributed by atoms with E-state index < -0.39 is 12.1 Å². The molecule has 2 heterocycles. The number of esters is 1. The lowest BCUT2D eigenvalue weighted by atomic mass is 10.1. The Morgan fingerprint density at radius 2 is 2.11 bits per heavy atom. The summed E-state index contributed by atoms with van der Waals surface area (Å²) >= 11 is 1.52. The molecule has 7 nitrogen and oxygen atoms in total. The maximum atomic E-state index is 12.2. The quantitative estimate of drug-likeness (QED) is 0.573. The third-order valence-corrected chi connectivity index (χ3v) is 5.50. The molecule has 1 aliphatic carbocycles. The van der Waals surface area contributed by atoms with Gasteiger partial charge in [0.2, 0.25) is 11.7 Å². The molecule has 146 valence electrons. The first-order valence-electron chi connectivity index (χ1n) is 9.48. The molecule has 8 heteroatoms. The zero-order chi connectivity index (χ0) is 19.1. The maximum Gasteiger partial charge on any atom is 0.307 e. The van der Waals surface area contributed by atoms with Crippen molar-refractivity contribution in [1.29, 1.82) is 0 Å². The minimum absolute atomic E-state index is 0.0904. The second-order valence-corrected chi connectivity index (χ2v) is 7.77. The second kappa shape index (κ2) is 9.64. The Bertz CT molecular complexity index is 736. The van der Waals surface area contributed by atoms with Crippen molar-refractivity contribution >= 4 is 23.2 Å². The number of hydrogen-bond acceptors (Lipinski definition) is 7. The van der Waals surface area contributed by atoms with Crippen molar-refractivity contribution in [3.8, 4) is 10.7 Å². The fourth-order valence-electron chi connectivity index (χ4n) is 3.12. The molecule has 3 rings (SSSR count). The number of nitrogens with zero attached hydrogens (tertiary/aromatic N) is 2. The van der Waals surface area contributed by atoms with Gasteiger partial charge in [0.05, 0.1) is 11.3 Å². The predicted molar refractivity (Wildman–Crippen MR) is 101 cm³/mol. The van der Waals surface area contributed by atoms with E-state index in [0.717, 1.165) is 30.6 Å². The first-order chi connectivity index (χ1) is 13.1. The Morgan fingerprint density at radius 3 is 2.81 bits per heavy atom. The lowest BCUT2D eigenvalue weighted by molar-refractivity contribution is -0.155. The molecule has 0 aliphatic heterocycles. The van der Waals surface area contributed by atoms with Crippen molar-refractivity contribution in [2.24, 2.45) is 0 Å². The molecule has 0 bridgehead atoms. The van der Waals surface area contributed by atoms with Crippen LogP contribution in [0.4, 0.5) is 0 Å². The average molecular weight is 391 g/mol. The van der Waals surface area contributed by atoms with Crippen LogP contribution in [0.15, 0.2) is 22.0 Å². The average Bonchev–Trinajstić information content (AvgIpc) is 3.28. The molecule has 0 spiro atoms. The second-order valence-electron chi connectivity index (χ2n) is 6.82. The molecule has 1 atom stereocenters. The zero-order valence-corrected chi connectivity index (χ0v) is 16.3. The summed E-state index contributed by atoms with van der Waals surface area (Å²) in [6.07, 6.45) is 6.29. The van der Waals surface area contributed by atoms with Crippen LogP contribution in [0.5, 0.6) is 0 Å². The van der Waals surface area contributed by atoms with Crippen molar-refractivity contribution < 1.29 is 18.8 Å². The highest BCUT2D eigenvalue weighted by molar-refractivity contribution is 7.13. The van der Waals surface area contributed by atoms with Crippen LogP contribution in [-0.4, -0.2) is 34.2 Å².